The summed E-state index contributed by atoms with van der Waals surface area (Å²) in [6, 6.07) is 18.7. The van der Waals surface area contributed by atoms with Crippen LogP contribution in [0.5, 0.6) is 11.5 Å². The van der Waals surface area contributed by atoms with E-state index < -0.39 is 18.3 Å². The normalized spacial score (nSPS) is 21.2. The minimum Gasteiger partial charge on any atom is -0.493 e. The number of aliphatic hydroxyl groups is 1. The number of anilines is 1. The second kappa shape index (κ2) is 15.4. The Kier molecular flexibility index (Phi) is 11.1. The van der Waals surface area contributed by atoms with Gasteiger partial charge in [-0.15, -0.1) is 0 Å². The molecule has 2 aliphatic rings. The van der Waals surface area contributed by atoms with Gasteiger partial charge in [0.25, 0.3) is 0 Å². The number of carbonyl (C=O) groups is 2. The van der Waals surface area contributed by atoms with Crippen LogP contribution in [-0.4, -0.2) is 68.6 Å². The zero-order valence-corrected chi connectivity index (χ0v) is 26.8. The smallest absolute Gasteiger partial charge is 0.325 e. The number of esters is 1. The molecule has 3 aromatic carbocycles. The summed E-state index contributed by atoms with van der Waals surface area (Å²) in [5.74, 6) is 0.997. The topological polar surface area (TPSA) is 128 Å². The van der Waals surface area contributed by atoms with Gasteiger partial charge in [0.15, 0.2) is 17.8 Å². The Labute approximate surface area is 269 Å². The van der Waals surface area contributed by atoms with Crippen molar-refractivity contribution in [3.05, 3.63) is 88.5 Å². The highest BCUT2D eigenvalue weighted by molar-refractivity contribution is 5.91. The fraction of sp³-hybridized carbons (Fsp3) is 0.429. The van der Waals surface area contributed by atoms with E-state index in [-0.39, 0.29) is 37.9 Å². The van der Waals surface area contributed by atoms with Crippen LogP contribution in [0.15, 0.2) is 60.7 Å². The minimum atomic E-state index is -0.642. The lowest BCUT2D eigenvalue weighted by Gasteiger charge is -2.43. The third kappa shape index (κ3) is 7.97. The summed E-state index contributed by atoms with van der Waals surface area (Å²) in [6.45, 7) is 6.23. The third-order valence-corrected chi connectivity index (χ3v) is 8.50. The Morgan fingerprint density at radius 3 is 2.28 bits per heavy atom. The molecule has 46 heavy (non-hydrogen) atoms. The number of urea groups is 1. The van der Waals surface area contributed by atoms with Crippen LogP contribution in [0.1, 0.15) is 54.1 Å². The molecule has 0 aliphatic carbocycles. The van der Waals surface area contributed by atoms with E-state index >= 15 is 0 Å². The highest BCUT2D eigenvalue weighted by atomic mass is 16.7. The summed E-state index contributed by atoms with van der Waals surface area (Å²) in [6.07, 6.45) is -0.138. The molecular formula is C35H43N3O8. The van der Waals surface area contributed by atoms with E-state index in [2.05, 4.69) is 34.6 Å². The van der Waals surface area contributed by atoms with Gasteiger partial charge in [0.05, 0.1) is 39.6 Å². The van der Waals surface area contributed by atoms with Crippen molar-refractivity contribution < 1.29 is 38.4 Å². The maximum Gasteiger partial charge on any atom is 0.325 e. The number of amides is 2. The number of hydrogen-bond donors (Lipinski definition) is 3. The second-order valence-corrected chi connectivity index (χ2v) is 11.5. The molecule has 3 aromatic rings. The number of carbonyl (C=O) groups excluding carboxylic acids is 2. The SMILES string of the molecule is CCOC(=O)CNC(=O)Nc1ccc([C@H]2O[C@@H](CN3CCc4cc(OC)c(OC)cc4C3)[C@@H](C)[C@@H](c3ccc(CO)cc3)O2)cc1. The van der Waals surface area contributed by atoms with E-state index in [0.29, 0.717) is 12.2 Å². The third-order valence-electron chi connectivity index (χ3n) is 8.50. The van der Waals surface area contributed by atoms with Gasteiger partial charge in [-0.1, -0.05) is 43.3 Å². The van der Waals surface area contributed by atoms with Crippen LogP contribution in [0.3, 0.4) is 0 Å². The maximum absolute atomic E-state index is 12.3. The van der Waals surface area contributed by atoms with Gasteiger partial charge >= 0.3 is 12.0 Å². The molecule has 0 saturated carbocycles. The molecule has 11 nitrogen and oxygen atoms in total. The number of nitrogens with zero attached hydrogens (tertiary/aromatic N) is 1. The van der Waals surface area contributed by atoms with Crippen molar-refractivity contribution in [2.24, 2.45) is 5.92 Å². The zero-order valence-electron chi connectivity index (χ0n) is 26.8. The van der Waals surface area contributed by atoms with Crippen molar-refractivity contribution in [2.45, 2.75) is 51.9 Å². The van der Waals surface area contributed by atoms with Crippen molar-refractivity contribution in [1.29, 1.82) is 0 Å². The first kappa shape index (κ1) is 33.2. The van der Waals surface area contributed by atoms with Gasteiger partial charge in [0.2, 0.25) is 0 Å². The summed E-state index contributed by atoms with van der Waals surface area (Å²) in [4.78, 5) is 26.2. The van der Waals surface area contributed by atoms with Crippen LogP contribution < -0.4 is 20.1 Å². The molecule has 2 aliphatic heterocycles. The van der Waals surface area contributed by atoms with Gasteiger partial charge in [-0.25, -0.2) is 4.79 Å². The average molecular weight is 634 g/mol. The highest BCUT2D eigenvalue weighted by Crippen LogP contribution is 2.42. The quantitative estimate of drug-likeness (QED) is 0.257. The Morgan fingerprint density at radius 1 is 0.957 bits per heavy atom. The van der Waals surface area contributed by atoms with Crippen molar-refractivity contribution in [3.8, 4) is 11.5 Å². The predicted octanol–water partition coefficient (Wildman–Crippen LogP) is 4.73. The van der Waals surface area contributed by atoms with Gasteiger partial charge in [0, 0.05) is 36.8 Å². The Bertz CT molecular complexity index is 1480. The van der Waals surface area contributed by atoms with Gasteiger partial charge in [-0.2, -0.15) is 0 Å². The predicted molar refractivity (Wildman–Crippen MR) is 172 cm³/mol. The van der Waals surface area contributed by atoms with Crippen LogP contribution >= 0.6 is 0 Å². The number of aliphatic hydroxyl groups excluding tert-OH is 1. The van der Waals surface area contributed by atoms with Crippen molar-refractivity contribution >= 4 is 17.7 Å². The van der Waals surface area contributed by atoms with E-state index in [4.69, 9.17) is 23.7 Å². The molecule has 5 rings (SSSR count). The molecule has 0 aromatic heterocycles. The van der Waals surface area contributed by atoms with Gasteiger partial charge < -0.3 is 39.4 Å². The van der Waals surface area contributed by atoms with E-state index in [9.17, 15) is 14.7 Å². The molecule has 0 radical (unpaired) electrons. The molecule has 3 N–H and O–H groups in total. The van der Waals surface area contributed by atoms with Gasteiger partial charge in [0.1, 0.15) is 6.54 Å². The first-order valence-corrected chi connectivity index (χ1v) is 15.6. The molecule has 2 heterocycles. The van der Waals surface area contributed by atoms with E-state index in [0.717, 1.165) is 47.7 Å². The largest absolute Gasteiger partial charge is 0.493 e. The fourth-order valence-corrected chi connectivity index (χ4v) is 5.94. The number of hydrogen-bond acceptors (Lipinski definition) is 9. The van der Waals surface area contributed by atoms with Crippen LogP contribution in [0.25, 0.3) is 0 Å². The van der Waals surface area contributed by atoms with E-state index in [1.807, 2.05) is 36.4 Å². The number of ether oxygens (including phenoxy) is 5. The molecule has 0 bridgehead atoms. The Balaban J connectivity index is 1.31. The van der Waals surface area contributed by atoms with Crippen LogP contribution in [0.2, 0.25) is 0 Å². The summed E-state index contributed by atoms with van der Waals surface area (Å²) in [7, 11) is 3.31. The summed E-state index contributed by atoms with van der Waals surface area (Å²) in [5.41, 5.74) is 5.70. The first-order valence-electron chi connectivity index (χ1n) is 15.6. The highest BCUT2D eigenvalue weighted by Gasteiger charge is 2.39. The van der Waals surface area contributed by atoms with E-state index in [1.165, 1.54) is 11.1 Å². The lowest BCUT2D eigenvalue weighted by Crippen LogP contribution is -2.45. The molecule has 1 fully saturated rings. The van der Waals surface area contributed by atoms with Gasteiger partial charge in [-0.3, -0.25) is 9.69 Å². The number of benzene rings is 3. The van der Waals surface area contributed by atoms with Crippen LogP contribution in [0.4, 0.5) is 10.5 Å². The monoisotopic (exact) mass is 633 g/mol. The summed E-state index contributed by atoms with van der Waals surface area (Å²) >= 11 is 0. The summed E-state index contributed by atoms with van der Waals surface area (Å²) in [5, 5.41) is 14.8. The van der Waals surface area contributed by atoms with Crippen molar-refractivity contribution in [1.82, 2.24) is 10.2 Å². The molecule has 0 spiro atoms. The lowest BCUT2D eigenvalue weighted by atomic mass is 9.89. The second-order valence-electron chi connectivity index (χ2n) is 11.5. The van der Waals surface area contributed by atoms with E-state index in [1.54, 1.807) is 33.3 Å². The fourth-order valence-electron chi connectivity index (χ4n) is 5.94. The Hall–Kier alpha value is -4.16. The maximum atomic E-state index is 12.3. The van der Waals surface area contributed by atoms with Crippen LogP contribution in [-0.2, 0) is 38.6 Å². The number of fused-ring (bicyclic) bond motifs is 1. The van der Waals surface area contributed by atoms with Gasteiger partial charge in [-0.05, 0) is 59.9 Å². The Morgan fingerprint density at radius 2 is 1.63 bits per heavy atom. The van der Waals surface area contributed by atoms with Crippen molar-refractivity contribution in [3.63, 3.8) is 0 Å². The molecule has 0 unspecified atom stereocenters. The number of rotatable bonds is 11. The standard InChI is InChI=1S/C35H43N3O8/c1-5-44-32(40)18-36-35(41)37-28-12-10-25(11-13-28)34-45-31(22(2)33(46-34)24-8-6-23(21-39)7-9-24)20-38-15-14-26-16-29(42-3)30(43-4)17-27(26)19-38/h6-13,16-17,22,31,33-34,39H,5,14-15,18-21H2,1-4H3,(H2,36,37,41)/t22-,31+,33+,34+/m1/s1. The zero-order chi connectivity index (χ0) is 32.6. The molecule has 246 valence electrons. The first-order chi connectivity index (χ1) is 22.3. The van der Waals surface area contributed by atoms with Crippen LogP contribution in [0, 0.1) is 5.92 Å². The molecule has 4 atom stereocenters. The molecular weight excluding hydrogens is 590 g/mol. The lowest BCUT2D eigenvalue weighted by molar-refractivity contribution is -0.276. The number of methoxy groups -OCH3 is 2. The minimum absolute atomic E-state index is 0.0238. The molecule has 11 heteroatoms. The summed E-state index contributed by atoms with van der Waals surface area (Å²) < 4.78 is 29.2. The number of nitrogens with one attached hydrogen (secondary N) is 2. The molecule has 2 amide bonds. The average Bonchev–Trinajstić information content (AvgIpc) is 3.08. The van der Waals surface area contributed by atoms with Crippen molar-refractivity contribution in [2.75, 3.05) is 45.8 Å². The molecule has 1 saturated heterocycles.